The van der Waals surface area contributed by atoms with Crippen molar-refractivity contribution in [3.8, 4) is 0 Å². The van der Waals surface area contributed by atoms with E-state index in [1.165, 1.54) is 12.8 Å². The van der Waals surface area contributed by atoms with Crippen LogP contribution in [-0.4, -0.2) is 30.5 Å². The van der Waals surface area contributed by atoms with Crippen molar-refractivity contribution in [2.45, 2.75) is 33.1 Å². The number of rotatable bonds is 5. The molecular formula is C11H23N3O2. The minimum absolute atomic E-state index is 0.298. The highest BCUT2D eigenvalue weighted by Gasteiger charge is 2.21. The molecule has 0 amide bonds. The molecule has 94 valence electrons. The van der Waals surface area contributed by atoms with Crippen molar-refractivity contribution in [3.05, 3.63) is 0 Å². The Morgan fingerprint density at radius 1 is 1.50 bits per heavy atom. The summed E-state index contributed by atoms with van der Waals surface area (Å²) >= 11 is 0. The van der Waals surface area contributed by atoms with E-state index in [0.29, 0.717) is 6.42 Å². The molecule has 1 aliphatic rings. The maximum absolute atomic E-state index is 11.1. The lowest BCUT2D eigenvalue weighted by atomic mass is 9.87. The standard InChI is InChI=1S/C11H23N3O2/c1-9(2)10-3-6-14(7-4-10)8-5-11(15)16-13-12/h9-10,13H,3-8,12H2,1-2H3. The molecule has 0 aliphatic carbocycles. The van der Waals surface area contributed by atoms with Gasteiger partial charge in [-0.2, -0.15) is 0 Å². The number of nitrogens with one attached hydrogen (secondary N) is 1. The molecule has 5 heteroatoms. The molecule has 0 unspecified atom stereocenters. The largest absolute Gasteiger partial charge is 0.356 e. The molecule has 1 heterocycles. The molecule has 3 N–H and O–H groups in total. The number of likely N-dealkylation sites (tertiary alicyclic amines) is 1. The summed E-state index contributed by atoms with van der Waals surface area (Å²) in [5, 5.41) is 0. The van der Waals surface area contributed by atoms with Gasteiger partial charge in [0, 0.05) is 6.54 Å². The fraction of sp³-hybridized carbons (Fsp3) is 0.909. The normalized spacial score (nSPS) is 19.0. The van der Waals surface area contributed by atoms with Crippen LogP contribution in [0.2, 0.25) is 0 Å². The maximum atomic E-state index is 11.1. The van der Waals surface area contributed by atoms with Crippen LogP contribution in [0.25, 0.3) is 0 Å². The lowest BCUT2D eigenvalue weighted by Crippen LogP contribution is -2.37. The van der Waals surface area contributed by atoms with Crippen molar-refractivity contribution in [3.63, 3.8) is 0 Å². The molecule has 1 fully saturated rings. The molecule has 5 nitrogen and oxygen atoms in total. The molecule has 0 aromatic carbocycles. The molecule has 1 saturated heterocycles. The summed E-state index contributed by atoms with van der Waals surface area (Å²) in [6.45, 7) is 7.51. The van der Waals surface area contributed by atoms with Crippen molar-refractivity contribution >= 4 is 5.97 Å². The third kappa shape index (κ3) is 4.47. The molecule has 0 atom stereocenters. The Bertz CT molecular complexity index is 213. The van der Waals surface area contributed by atoms with Gasteiger partial charge in [-0.05, 0) is 37.8 Å². The van der Waals surface area contributed by atoms with Crippen molar-refractivity contribution < 1.29 is 9.63 Å². The molecule has 1 rings (SSSR count). The predicted octanol–water partition coefficient (Wildman–Crippen LogP) is 0.666. The minimum atomic E-state index is -0.298. The van der Waals surface area contributed by atoms with Gasteiger partial charge in [0.1, 0.15) is 0 Å². The van der Waals surface area contributed by atoms with Gasteiger partial charge >= 0.3 is 5.97 Å². The van der Waals surface area contributed by atoms with Crippen molar-refractivity contribution in [1.82, 2.24) is 10.5 Å². The van der Waals surface area contributed by atoms with Crippen LogP contribution < -0.4 is 11.4 Å². The first-order chi connectivity index (χ1) is 7.63. The average molecular weight is 229 g/mol. The quantitative estimate of drug-likeness (QED) is 0.535. The molecule has 0 aromatic rings. The third-order valence-electron chi connectivity index (χ3n) is 3.38. The highest BCUT2D eigenvalue weighted by Crippen LogP contribution is 2.24. The van der Waals surface area contributed by atoms with Gasteiger partial charge in [0.25, 0.3) is 0 Å². The van der Waals surface area contributed by atoms with E-state index in [2.05, 4.69) is 23.6 Å². The Kier molecular flexibility index (Phi) is 5.73. The molecule has 0 bridgehead atoms. The summed E-state index contributed by atoms with van der Waals surface area (Å²) in [6.07, 6.45) is 2.88. The lowest BCUT2D eigenvalue weighted by molar-refractivity contribution is -0.151. The van der Waals surface area contributed by atoms with E-state index in [-0.39, 0.29) is 5.97 Å². The van der Waals surface area contributed by atoms with Crippen molar-refractivity contribution in [2.75, 3.05) is 19.6 Å². The van der Waals surface area contributed by atoms with Gasteiger partial charge < -0.3 is 9.74 Å². The third-order valence-corrected chi connectivity index (χ3v) is 3.38. The van der Waals surface area contributed by atoms with E-state index in [9.17, 15) is 4.79 Å². The predicted molar refractivity (Wildman–Crippen MR) is 62.0 cm³/mol. The highest BCUT2D eigenvalue weighted by atomic mass is 16.7. The Morgan fingerprint density at radius 2 is 2.12 bits per heavy atom. The Labute approximate surface area is 97.2 Å². The maximum Gasteiger partial charge on any atom is 0.327 e. The van der Waals surface area contributed by atoms with Gasteiger partial charge in [0.2, 0.25) is 0 Å². The molecule has 0 aromatic heterocycles. The van der Waals surface area contributed by atoms with Crippen LogP contribution in [0, 0.1) is 11.8 Å². The summed E-state index contributed by atoms with van der Waals surface area (Å²) in [5.41, 5.74) is 1.91. The van der Waals surface area contributed by atoms with E-state index >= 15 is 0 Å². The zero-order valence-electron chi connectivity index (χ0n) is 10.2. The molecule has 16 heavy (non-hydrogen) atoms. The Balaban J connectivity index is 2.15. The average Bonchev–Trinajstić information content (AvgIpc) is 2.27. The van der Waals surface area contributed by atoms with E-state index in [1.54, 1.807) is 0 Å². The van der Waals surface area contributed by atoms with E-state index in [0.717, 1.165) is 31.5 Å². The second kappa shape index (κ2) is 6.83. The summed E-state index contributed by atoms with van der Waals surface area (Å²) in [6, 6.07) is 0. The van der Waals surface area contributed by atoms with Crippen LogP contribution in [0.15, 0.2) is 0 Å². The van der Waals surface area contributed by atoms with Gasteiger partial charge in [-0.15, -0.1) is 0 Å². The summed E-state index contributed by atoms with van der Waals surface area (Å²) in [4.78, 5) is 17.8. The first-order valence-corrected chi connectivity index (χ1v) is 6.01. The zero-order valence-corrected chi connectivity index (χ0v) is 10.2. The van der Waals surface area contributed by atoms with E-state index < -0.39 is 0 Å². The van der Waals surface area contributed by atoms with Crippen LogP contribution in [0.5, 0.6) is 0 Å². The summed E-state index contributed by atoms with van der Waals surface area (Å²) in [5.74, 6) is 6.20. The van der Waals surface area contributed by atoms with E-state index in [1.807, 2.05) is 5.59 Å². The zero-order chi connectivity index (χ0) is 12.0. The Morgan fingerprint density at radius 3 is 2.62 bits per heavy atom. The van der Waals surface area contributed by atoms with E-state index in [4.69, 9.17) is 5.84 Å². The van der Waals surface area contributed by atoms with Gasteiger partial charge in [-0.1, -0.05) is 19.4 Å². The Hall–Kier alpha value is -0.650. The number of carbonyl (C=O) groups excluding carboxylic acids is 1. The van der Waals surface area contributed by atoms with Crippen LogP contribution in [0.4, 0.5) is 0 Å². The van der Waals surface area contributed by atoms with Crippen LogP contribution >= 0.6 is 0 Å². The van der Waals surface area contributed by atoms with Crippen LogP contribution in [0.1, 0.15) is 33.1 Å². The van der Waals surface area contributed by atoms with Gasteiger partial charge in [0.15, 0.2) is 0 Å². The molecule has 0 radical (unpaired) electrons. The SMILES string of the molecule is CC(C)C1CCN(CCC(=O)ONN)CC1. The monoisotopic (exact) mass is 229 g/mol. The lowest BCUT2D eigenvalue weighted by Gasteiger charge is -2.33. The number of nitrogens with zero attached hydrogens (tertiary/aromatic N) is 1. The second-order valence-corrected chi connectivity index (χ2v) is 4.77. The smallest absolute Gasteiger partial charge is 0.327 e. The van der Waals surface area contributed by atoms with Crippen molar-refractivity contribution in [1.29, 1.82) is 0 Å². The number of nitrogens with two attached hydrogens (primary N) is 1. The number of hydrogen-bond acceptors (Lipinski definition) is 5. The molecule has 1 aliphatic heterocycles. The molecular weight excluding hydrogens is 206 g/mol. The van der Waals surface area contributed by atoms with Gasteiger partial charge in [-0.25, -0.2) is 5.84 Å². The van der Waals surface area contributed by atoms with Gasteiger partial charge in [0.05, 0.1) is 6.42 Å². The van der Waals surface area contributed by atoms with Crippen molar-refractivity contribution in [2.24, 2.45) is 17.7 Å². The summed E-state index contributed by atoms with van der Waals surface area (Å²) in [7, 11) is 0. The first kappa shape index (κ1) is 13.4. The second-order valence-electron chi connectivity index (χ2n) is 4.77. The fourth-order valence-corrected chi connectivity index (χ4v) is 2.21. The number of hydrogen-bond donors (Lipinski definition) is 2. The fourth-order valence-electron chi connectivity index (χ4n) is 2.21. The van der Waals surface area contributed by atoms with Crippen LogP contribution in [0.3, 0.4) is 0 Å². The summed E-state index contributed by atoms with van der Waals surface area (Å²) < 4.78 is 0. The first-order valence-electron chi connectivity index (χ1n) is 6.01. The number of carbonyl (C=O) groups is 1. The minimum Gasteiger partial charge on any atom is -0.356 e. The molecule has 0 spiro atoms. The highest BCUT2D eigenvalue weighted by molar-refractivity contribution is 5.69. The van der Waals surface area contributed by atoms with Gasteiger partial charge in [-0.3, -0.25) is 4.79 Å². The number of piperidine rings is 1. The topological polar surface area (TPSA) is 67.6 Å². The van der Waals surface area contributed by atoms with Crippen LogP contribution in [-0.2, 0) is 9.63 Å². The number of hydrazine groups is 1. The molecule has 0 saturated carbocycles.